The maximum Gasteiger partial charge on any atom is 0.247 e. The molecule has 0 aliphatic heterocycles. The van der Waals surface area contributed by atoms with Gasteiger partial charge in [0.1, 0.15) is 11.5 Å². The number of rotatable bonds is 10. The van der Waals surface area contributed by atoms with Crippen LogP contribution >= 0.6 is 14.7 Å². The molecule has 0 fully saturated rings. The van der Waals surface area contributed by atoms with Crippen LogP contribution in [0.15, 0.2) is 48.5 Å². The third-order valence-corrected chi connectivity index (χ3v) is 9.67. The quantitative estimate of drug-likeness (QED) is 0.412. The Kier molecular flexibility index (Phi) is 7.77. The van der Waals surface area contributed by atoms with Crippen LogP contribution in [0.1, 0.15) is 38.8 Å². The van der Waals surface area contributed by atoms with Crippen molar-refractivity contribution in [2.75, 3.05) is 24.6 Å². The first kappa shape index (κ1) is 21.8. The second-order valence-electron chi connectivity index (χ2n) is 6.54. The van der Waals surface area contributed by atoms with Crippen LogP contribution in [0, 0.1) is 0 Å². The second kappa shape index (κ2) is 9.62. The first-order chi connectivity index (χ1) is 12.8. The predicted octanol–water partition coefficient (Wildman–Crippen LogP) is 6.67. The Morgan fingerprint density at radius 2 is 0.889 bits per heavy atom. The van der Waals surface area contributed by atoms with Gasteiger partial charge in [-0.25, -0.2) is 0 Å². The van der Waals surface area contributed by atoms with Crippen molar-refractivity contribution in [2.45, 2.75) is 34.1 Å². The molecule has 0 aliphatic rings. The van der Waals surface area contributed by atoms with E-state index in [0.29, 0.717) is 36.1 Å². The molecule has 0 atom stereocenters. The van der Waals surface area contributed by atoms with Crippen molar-refractivity contribution in [3.05, 3.63) is 59.7 Å². The highest BCUT2D eigenvalue weighted by Gasteiger charge is 2.19. The van der Waals surface area contributed by atoms with Crippen LogP contribution in [-0.4, -0.2) is 24.6 Å². The van der Waals surface area contributed by atoms with E-state index in [-0.39, 0.29) is 0 Å². The lowest BCUT2D eigenvalue weighted by atomic mass is 10.1. The summed E-state index contributed by atoms with van der Waals surface area (Å²) in [7, 11) is -5.10. The summed E-state index contributed by atoms with van der Waals surface area (Å²) in [6.45, 7) is 7.58. The van der Waals surface area contributed by atoms with Crippen molar-refractivity contribution in [1.29, 1.82) is 0 Å². The van der Waals surface area contributed by atoms with Gasteiger partial charge in [0.25, 0.3) is 0 Å². The molecule has 2 rings (SSSR count). The van der Waals surface area contributed by atoms with E-state index in [1.165, 1.54) is 0 Å². The highest BCUT2D eigenvalue weighted by Crippen LogP contribution is 2.47. The van der Waals surface area contributed by atoms with Crippen molar-refractivity contribution >= 4 is 14.7 Å². The maximum atomic E-state index is 12.4. The number of hydrogen-bond donors (Lipinski definition) is 0. The van der Waals surface area contributed by atoms with E-state index >= 15 is 0 Å². The summed E-state index contributed by atoms with van der Waals surface area (Å²) in [4.78, 5) is 0. The van der Waals surface area contributed by atoms with Crippen LogP contribution < -0.4 is 9.05 Å². The molecule has 0 saturated heterocycles. The summed E-state index contributed by atoms with van der Waals surface area (Å²) in [6, 6.07) is 15.5. The van der Waals surface area contributed by atoms with Gasteiger partial charge in [0.15, 0.2) is 0 Å². The second-order valence-corrected chi connectivity index (χ2v) is 12.7. The van der Waals surface area contributed by atoms with Gasteiger partial charge in [0.05, 0.1) is 0 Å². The Balaban J connectivity index is 2.01. The summed E-state index contributed by atoms with van der Waals surface area (Å²) >= 11 is 0. The number of benzene rings is 2. The molecule has 0 aromatic heterocycles. The Morgan fingerprint density at radius 3 is 1.15 bits per heavy atom. The molecule has 2 aromatic carbocycles. The first-order valence-electron chi connectivity index (χ1n) is 9.58. The van der Waals surface area contributed by atoms with E-state index in [1.54, 1.807) is 0 Å². The molecule has 0 amide bonds. The first-order valence-corrected chi connectivity index (χ1v) is 13.6. The highest BCUT2D eigenvalue weighted by atomic mass is 31.2. The fourth-order valence-electron chi connectivity index (χ4n) is 2.66. The minimum absolute atomic E-state index is 0.544. The Morgan fingerprint density at radius 1 is 0.593 bits per heavy atom. The van der Waals surface area contributed by atoms with E-state index < -0.39 is 14.7 Å². The molecular formula is C21H30O4P2. The molecule has 6 heteroatoms. The van der Waals surface area contributed by atoms with Crippen LogP contribution in [0.3, 0.4) is 0 Å². The predicted molar refractivity (Wildman–Crippen MR) is 114 cm³/mol. The Hall–Kier alpha value is -1.50. The van der Waals surface area contributed by atoms with Gasteiger partial charge in [0.2, 0.25) is 14.7 Å². The SMILES string of the molecule is CCP(=O)(CC)Oc1ccc(Cc2ccc(OP(=O)(CC)CC)cc2)cc1. The minimum atomic E-state index is -2.55. The number of hydrogen-bond acceptors (Lipinski definition) is 4. The summed E-state index contributed by atoms with van der Waals surface area (Å²) in [5, 5.41) is 0. The molecule has 0 aliphatic carbocycles. The maximum absolute atomic E-state index is 12.4. The summed E-state index contributed by atoms with van der Waals surface area (Å²) in [5.74, 6) is 1.31. The topological polar surface area (TPSA) is 52.6 Å². The molecule has 0 N–H and O–H groups in total. The van der Waals surface area contributed by atoms with Crippen molar-refractivity contribution in [1.82, 2.24) is 0 Å². The third kappa shape index (κ3) is 6.26. The van der Waals surface area contributed by atoms with Crippen LogP contribution in [0.25, 0.3) is 0 Å². The van der Waals surface area contributed by atoms with Gasteiger partial charge in [0, 0.05) is 24.6 Å². The van der Waals surface area contributed by atoms with Gasteiger partial charge >= 0.3 is 0 Å². The summed E-state index contributed by atoms with van der Waals surface area (Å²) in [5.41, 5.74) is 2.29. The van der Waals surface area contributed by atoms with E-state index in [2.05, 4.69) is 0 Å². The van der Waals surface area contributed by atoms with E-state index in [9.17, 15) is 9.13 Å². The zero-order valence-electron chi connectivity index (χ0n) is 16.7. The van der Waals surface area contributed by atoms with E-state index in [0.717, 1.165) is 17.5 Å². The average molecular weight is 408 g/mol. The van der Waals surface area contributed by atoms with Gasteiger partial charge in [-0.15, -0.1) is 0 Å². The van der Waals surface area contributed by atoms with Gasteiger partial charge < -0.3 is 9.05 Å². The largest absolute Gasteiger partial charge is 0.443 e. The molecule has 0 saturated carbocycles. The molecule has 2 aromatic rings. The van der Waals surface area contributed by atoms with Crippen molar-refractivity contribution < 1.29 is 18.2 Å². The highest BCUT2D eigenvalue weighted by molar-refractivity contribution is 7.59. The monoisotopic (exact) mass is 408 g/mol. The molecular weight excluding hydrogens is 378 g/mol. The van der Waals surface area contributed by atoms with Crippen LogP contribution in [0.4, 0.5) is 0 Å². The fourth-order valence-corrected chi connectivity index (χ4v) is 5.08. The van der Waals surface area contributed by atoms with Gasteiger partial charge in [-0.05, 0) is 41.8 Å². The lowest BCUT2D eigenvalue weighted by Gasteiger charge is -2.17. The zero-order chi connectivity index (χ0) is 19.9. The lowest BCUT2D eigenvalue weighted by molar-refractivity contribution is 0.482. The van der Waals surface area contributed by atoms with E-state index in [1.807, 2.05) is 76.2 Å². The molecule has 0 radical (unpaired) electrons. The lowest BCUT2D eigenvalue weighted by Crippen LogP contribution is -1.99. The van der Waals surface area contributed by atoms with Crippen LogP contribution in [-0.2, 0) is 15.6 Å². The molecule has 4 nitrogen and oxygen atoms in total. The summed E-state index contributed by atoms with van der Waals surface area (Å²) in [6.07, 6.45) is 2.95. The average Bonchev–Trinajstić information content (AvgIpc) is 2.70. The normalized spacial score (nSPS) is 12.0. The van der Waals surface area contributed by atoms with Crippen molar-refractivity contribution in [3.63, 3.8) is 0 Å². The molecule has 0 bridgehead atoms. The Labute approximate surface area is 163 Å². The molecule has 148 valence electrons. The van der Waals surface area contributed by atoms with Gasteiger partial charge in [-0.2, -0.15) is 0 Å². The van der Waals surface area contributed by atoms with Crippen LogP contribution in [0.5, 0.6) is 11.5 Å². The van der Waals surface area contributed by atoms with E-state index in [4.69, 9.17) is 9.05 Å². The standard InChI is InChI=1S/C21H30O4P2/c1-5-26(22,6-2)24-20-13-9-18(10-14-20)17-19-11-15-21(16-12-19)25-27(23,7-3)8-4/h9-16H,5-8,17H2,1-4H3. The molecule has 0 unspecified atom stereocenters. The van der Waals surface area contributed by atoms with Crippen LogP contribution in [0.2, 0.25) is 0 Å². The van der Waals surface area contributed by atoms with Crippen molar-refractivity contribution in [3.8, 4) is 11.5 Å². The van der Waals surface area contributed by atoms with Gasteiger partial charge in [-0.1, -0.05) is 52.0 Å². The summed E-state index contributed by atoms with van der Waals surface area (Å²) < 4.78 is 36.2. The van der Waals surface area contributed by atoms with Crippen molar-refractivity contribution in [2.24, 2.45) is 0 Å². The zero-order valence-corrected chi connectivity index (χ0v) is 18.5. The molecule has 27 heavy (non-hydrogen) atoms. The molecule has 0 spiro atoms. The minimum Gasteiger partial charge on any atom is -0.443 e. The third-order valence-electron chi connectivity index (χ3n) is 4.73. The van der Waals surface area contributed by atoms with Gasteiger partial charge in [-0.3, -0.25) is 9.13 Å². The smallest absolute Gasteiger partial charge is 0.247 e. The molecule has 0 heterocycles. The Bertz CT molecular complexity index is 728. The fraction of sp³-hybridized carbons (Fsp3) is 0.429.